The summed E-state index contributed by atoms with van der Waals surface area (Å²) in [6.07, 6.45) is -0.715. The summed E-state index contributed by atoms with van der Waals surface area (Å²) in [5, 5.41) is 7.28. The van der Waals surface area contributed by atoms with Crippen LogP contribution in [0.2, 0.25) is 5.15 Å². The number of alkyl halides is 3. The first-order chi connectivity index (χ1) is 16.7. The summed E-state index contributed by atoms with van der Waals surface area (Å²) in [5.41, 5.74) is 3.12. The molecule has 0 aliphatic carbocycles. The Labute approximate surface area is 204 Å². The molecule has 2 aromatic heterocycles. The van der Waals surface area contributed by atoms with Gasteiger partial charge in [0.25, 0.3) is 0 Å². The fourth-order valence-electron chi connectivity index (χ4n) is 4.71. The van der Waals surface area contributed by atoms with Crippen LogP contribution in [0, 0.1) is 0 Å². The molecule has 4 heterocycles. The van der Waals surface area contributed by atoms with E-state index < -0.39 is 18.2 Å². The molecule has 1 N–H and O–H groups in total. The normalized spacial score (nSPS) is 19.0. The minimum atomic E-state index is -4.65. The average Bonchev–Trinajstić information content (AvgIpc) is 3.47. The van der Waals surface area contributed by atoms with Crippen LogP contribution >= 0.6 is 11.6 Å². The number of nitrogens with one attached hydrogen (secondary N) is 1. The monoisotopic (exact) mass is 508 g/mol. The van der Waals surface area contributed by atoms with E-state index in [1.165, 1.54) is 12.1 Å². The van der Waals surface area contributed by atoms with Gasteiger partial charge in [-0.3, -0.25) is 0 Å². The molecular formula is C23H24ClF3N6O2. The summed E-state index contributed by atoms with van der Waals surface area (Å²) >= 11 is 6.04. The van der Waals surface area contributed by atoms with E-state index in [1.54, 1.807) is 28.9 Å². The van der Waals surface area contributed by atoms with Gasteiger partial charge in [0.05, 0.1) is 30.2 Å². The first-order valence-corrected chi connectivity index (χ1v) is 11.7. The third kappa shape index (κ3) is 4.62. The number of nitrogens with zero attached hydrogens (tertiary/aromatic N) is 5. The van der Waals surface area contributed by atoms with Crippen molar-refractivity contribution in [2.24, 2.45) is 0 Å². The molecule has 3 aromatic rings. The van der Waals surface area contributed by atoms with Crippen molar-refractivity contribution in [3.05, 3.63) is 52.9 Å². The zero-order valence-corrected chi connectivity index (χ0v) is 19.7. The van der Waals surface area contributed by atoms with Crippen LogP contribution in [0.5, 0.6) is 0 Å². The van der Waals surface area contributed by atoms with Crippen molar-refractivity contribution in [2.75, 3.05) is 31.7 Å². The van der Waals surface area contributed by atoms with Gasteiger partial charge >= 0.3 is 12.2 Å². The Hall–Kier alpha value is -3.05. The van der Waals surface area contributed by atoms with E-state index in [9.17, 15) is 18.0 Å². The van der Waals surface area contributed by atoms with Crippen LogP contribution in [0.25, 0.3) is 5.65 Å². The molecule has 2 aliphatic heterocycles. The summed E-state index contributed by atoms with van der Waals surface area (Å²) in [4.78, 5) is 19.7. The average molecular weight is 509 g/mol. The number of fused-ring (bicyclic) bond motifs is 3. The van der Waals surface area contributed by atoms with E-state index in [-0.39, 0.29) is 11.6 Å². The van der Waals surface area contributed by atoms with Gasteiger partial charge in [-0.1, -0.05) is 23.7 Å². The Kier molecular flexibility index (Phi) is 6.22. The third-order valence-corrected chi connectivity index (χ3v) is 6.60. The Balaban J connectivity index is 1.41. The van der Waals surface area contributed by atoms with E-state index in [1.807, 2.05) is 4.90 Å². The molecule has 5 rings (SSSR count). The maximum absolute atomic E-state index is 14.0. The Bertz CT molecular complexity index is 1230. The Morgan fingerprint density at radius 3 is 2.77 bits per heavy atom. The van der Waals surface area contributed by atoms with Crippen molar-refractivity contribution in [3.63, 3.8) is 0 Å². The second kappa shape index (κ2) is 9.19. The maximum Gasteiger partial charge on any atom is 0.413 e. The van der Waals surface area contributed by atoms with Gasteiger partial charge in [-0.25, -0.2) is 14.3 Å². The number of urea groups is 1. The summed E-state index contributed by atoms with van der Waals surface area (Å²) in [6, 6.07) is 4.64. The molecule has 2 atom stereocenters. The molecule has 1 fully saturated rings. The summed E-state index contributed by atoms with van der Waals surface area (Å²) < 4.78 is 49.0. The lowest BCUT2D eigenvalue weighted by molar-refractivity contribution is -0.175. The molecule has 0 radical (unpaired) electrons. The van der Waals surface area contributed by atoms with Crippen LogP contribution < -0.4 is 10.2 Å². The van der Waals surface area contributed by atoms with Gasteiger partial charge in [-0.15, -0.1) is 0 Å². The molecule has 186 valence electrons. The highest BCUT2D eigenvalue weighted by Crippen LogP contribution is 2.39. The first kappa shape index (κ1) is 23.7. The van der Waals surface area contributed by atoms with E-state index in [4.69, 9.17) is 16.3 Å². The minimum Gasteiger partial charge on any atom is -0.379 e. The fraction of sp³-hybridized carbons (Fsp3) is 0.435. The van der Waals surface area contributed by atoms with Crippen molar-refractivity contribution < 1.29 is 22.7 Å². The number of ether oxygens (including phenoxy) is 1. The van der Waals surface area contributed by atoms with E-state index in [0.717, 1.165) is 37.0 Å². The molecule has 1 saturated heterocycles. The Morgan fingerprint density at radius 1 is 1.31 bits per heavy atom. The lowest BCUT2D eigenvalue weighted by Crippen LogP contribution is -2.48. The van der Waals surface area contributed by atoms with Gasteiger partial charge in [-0.2, -0.15) is 18.3 Å². The smallest absolute Gasteiger partial charge is 0.379 e. The molecule has 0 spiro atoms. The summed E-state index contributed by atoms with van der Waals surface area (Å²) in [5.74, 6) is 0. The molecule has 8 nitrogen and oxygen atoms in total. The molecule has 0 bridgehead atoms. The van der Waals surface area contributed by atoms with Gasteiger partial charge in [0.15, 0.2) is 16.8 Å². The van der Waals surface area contributed by atoms with Gasteiger partial charge in [-0.05, 0) is 37.0 Å². The number of aromatic nitrogens is 3. The number of anilines is 2. The van der Waals surface area contributed by atoms with Crippen molar-refractivity contribution in [1.29, 1.82) is 0 Å². The number of carbonyl (C=O) groups is 1. The molecule has 35 heavy (non-hydrogen) atoms. The molecule has 1 aromatic carbocycles. The van der Waals surface area contributed by atoms with Gasteiger partial charge in [0, 0.05) is 32.0 Å². The minimum absolute atomic E-state index is 0.0220. The maximum atomic E-state index is 14.0. The van der Waals surface area contributed by atoms with Crippen LogP contribution in [0.4, 0.5) is 29.3 Å². The van der Waals surface area contributed by atoms with Crippen molar-refractivity contribution >= 4 is 34.7 Å². The highest BCUT2D eigenvalue weighted by atomic mass is 35.5. The molecule has 0 unspecified atom stereocenters. The number of rotatable bonds is 4. The number of amides is 2. The van der Waals surface area contributed by atoms with Crippen molar-refractivity contribution in [1.82, 2.24) is 24.8 Å². The molecule has 0 saturated carbocycles. The van der Waals surface area contributed by atoms with E-state index in [2.05, 4.69) is 15.4 Å². The first-order valence-electron chi connectivity index (χ1n) is 11.3. The van der Waals surface area contributed by atoms with Crippen LogP contribution in [0.3, 0.4) is 0 Å². The zero-order valence-electron chi connectivity index (χ0n) is 18.9. The van der Waals surface area contributed by atoms with E-state index >= 15 is 0 Å². The van der Waals surface area contributed by atoms with Crippen molar-refractivity contribution in [3.8, 4) is 0 Å². The van der Waals surface area contributed by atoms with Crippen LogP contribution in [-0.4, -0.2) is 64.6 Å². The highest BCUT2D eigenvalue weighted by Gasteiger charge is 2.45. The second-order valence-corrected chi connectivity index (χ2v) is 9.13. The number of hydrogen-bond acceptors (Lipinski definition) is 5. The fourth-order valence-corrected chi connectivity index (χ4v) is 4.88. The standard InChI is InChI=1S/C23H24ClF3N6O2/c1-31(22(34)29-15-8-10-35-13-15)21(23(25,26)27)14-4-6-16(7-5-14)32-9-2-3-17-18(32)12-28-20-11-19(24)30-33(17)20/h4-7,11-12,15,21H,2-3,8-10,13H2,1H3,(H,29,34)/t15-,21-/m0/s1. The van der Waals surface area contributed by atoms with Gasteiger partial charge < -0.3 is 19.9 Å². The lowest BCUT2D eigenvalue weighted by Gasteiger charge is -2.33. The third-order valence-electron chi connectivity index (χ3n) is 6.41. The molecular weight excluding hydrogens is 485 g/mol. The molecule has 12 heteroatoms. The van der Waals surface area contributed by atoms with Gasteiger partial charge in [0.2, 0.25) is 0 Å². The second-order valence-electron chi connectivity index (χ2n) is 8.74. The predicted molar refractivity (Wildman–Crippen MR) is 124 cm³/mol. The number of benzene rings is 1. The number of hydrogen-bond donors (Lipinski definition) is 1. The van der Waals surface area contributed by atoms with Crippen molar-refractivity contribution in [2.45, 2.75) is 37.5 Å². The number of aryl methyl sites for hydroxylation is 1. The predicted octanol–water partition coefficient (Wildman–Crippen LogP) is 4.50. The number of halogens is 4. The quantitative estimate of drug-likeness (QED) is 0.561. The topological polar surface area (TPSA) is 75.0 Å². The SMILES string of the molecule is CN(C(=O)N[C@H]1CCOC1)[C@@H](c1ccc(N2CCCc3c2cnc2cc(Cl)nn32)cc1)C(F)(F)F. The molecule has 2 amide bonds. The summed E-state index contributed by atoms with van der Waals surface area (Å²) in [7, 11) is 1.16. The molecule has 2 aliphatic rings. The Morgan fingerprint density at radius 2 is 2.09 bits per heavy atom. The van der Waals surface area contributed by atoms with E-state index in [0.29, 0.717) is 41.9 Å². The van der Waals surface area contributed by atoms with Gasteiger partial charge in [0.1, 0.15) is 0 Å². The van der Waals surface area contributed by atoms with Crippen LogP contribution in [-0.2, 0) is 11.2 Å². The summed E-state index contributed by atoms with van der Waals surface area (Å²) in [6.45, 7) is 1.46. The highest BCUT2D eigenvalue weighted by molar-refractivity contribution is 6.29. The van der Waals surface area contributed by atoms with Crippen LogP contribution in [0.1, 0.15) is 30.1 Å². The zero-order chi connectivity index (χ0) is 24.7. The number of carbonyl (C=O) groups excluding carboxylic acids is 1. The lowest BCUT2D eigenvalue weighted by atomic mass is 10.0. The van der Waals surface area contributed by atoms with Crippen LogP contribution in [0.15, 0.2) is 36.5 Å². The largest absolute Gasteiger partial charge is 0.413 e.